The zero-order valence-electron chi connectivity index (χ0n) is 7.02. The molecule has 0 atom stereocenters. The van der Waals surface area contributed by atoms with E-state index >= 15 is 0 Å². The molecule has 6 nitrogen and oxygen atoms in total. The number of rotatable bonds is 2. The van der Waals surface area contributed by atoms with E-state index in [1.54, 1.807) is 0 Å². The van der Waals surface area contributed by atoms with E-state index in [1.165, 1.54) is 24.3 Å². The molecular formula is C8H10O6. The molecule has 0 aliphatic carbocycles. The van der Waals surface area contributed by atoms with Crippen molar-refractivity contribution in [2.24, 2.45) is 0 Å². The summed E-state index contributed by atoms with van der Waals surface area (Å²) in [5, 5.41) is 16.9. The van der Waals surface area contributed by atoms with Crippen molar-refractivity contribution in [2.75, 3.05) is 0 Å². The number of benzene rings is 1. The SMILES string of the molecule is O.O.O=C(O)c1ccc(C(=O)O)cc1. The highest BCUT2D eigenvalue weighted by Gasteiger charge is 2.04. The number of aromatic carboxylic acids is 2. The second-order valence-electron chi connectivity index (χ2n) is 2.19. The normalized spacial score (nSPS) is 8.00. The van der Waals surface area contributed by atoms with Gasteiger partial charge in [-0.25, -0.2) is 9.59 Å². The molecule has 0 saturated heterocycles. The molecule has 0 spiro atoms. The third kappa shape index (κ3) is 3.21. The van der Waals surface area contributed by atoms with E-state index in [2.05, 4.69) is 0 Å². The summed E-state index contributed by atoms with van der Waals surface area (Å²) in [5.74, 6) is -2.13. The topological polar surface area (TPSA) is 138 Å². The first-order valence-corrected chi connectivity index (χ1v) is 3.18. The molecule has 0 saturated carbocycles. The van der Waals surface area contributed by atoms with Gasteiger partial charge < -0.3 is 21.2 Å². The minimum atomic E-state index is -1.06. The van der Waals surface area contributed by atoms with Crippen LogP contribution in [0.1, 0.15) is 20.7 Å². The van der Waals surface area contributed by atoms with Gasteiger partial charge in [-0.15, -0.1) is 0 Å². The van der Waals surface area contributed by atoms with Crippen molar-refractivity contribution in [3.63, 3.8) is 0 Å². The smallest absolute Gasteiger partial charge is 0.335 e. The second-order valence-corrected chi connectivity index (χ2v) is 2.19. The summed E-state index contributed by atoms with van der Waals surface area (Å²) in [6, 6.07) is 5.02. The third-order valence-corrected chi connectivity index (χ3v) is 1.38. The van der Waals surface area contributed by atoms with Crippen molar-refractivity contribution >= 4 is 11.9 Å². The molecule has 0 amide bonds. The van der Waals surface area contributed by atoms with Crippen LogP contribution in [0, 0.1) is 0 Å². The maximum atomic E-state index is 10.3. The monoisotopic (exact) mass is 202 g/mol. The van der Waals surface area contributed by atoms with Gasteiger partial charge in [-0.2, -0.15) is 0 Å². The van der Waals surface area contributed by atoms with Gasteiger partial charge in [0, 0.05) is 0 Å². The molecule has 78 valence electrons. The van der Waals surface area contributed by atoms with Gasteiger partial charge in [0.05, 0.1) is 11.1 Å². The molecule has 1 aromatic rings. The van der Waals surface area contributed by atoms with E-state index in [4.69, 9.17) is 10.2 Å². The third-order valence-electron chi connectivity index (χ3n) is 1.38. The maximum Gasteiger partial charge on any atom is 0.335 e. The van der Waals surface area contributed by atoms with E-state index in [0.29, 0.717) is 0 Å². The fraction of sp³-hybridized carbons (Fsp3) is 0. The molecule has 0 radical (unpaired) electrons. The summed E-state index contributed by atoms with van der Waals surface area (Å²) in [6.45, 7) is 0. The minimum absolute atomic E-state index is 0. The Morgan fingerprint density at radius 2 is 1.00 bits per heavy atom. The highest BCUT2D eigenvalue weighted by Crippen LogP contribution is 2.03. The van der Waals surface area contributed by atoms with Crippen LogP contribution in [0.5, 0.6) is 0 Å². The van der Waals surface area contributed by atoms with Crippen LogP contribution in [0.3, 0.4) is 0 Å². The summed E-state index contributed by atoms with van der Waals surface area (Å²) in [4.78, 5) is 20.7. The van der Waals surface area contributed by atoms with Gasteiger partial charge in [0.25, 0.3) is 0 Å². The summed E-state index contributed by atoms with van der Waals surface area (Å²) in [7, 11) is 0. The van der Waals surface area contributed by atoms with Crippen molar-refractivity contribution in [3.05, 3.63) is 35.4 Å². The quantitative estimate of drug-likeness (QED) is 0.663. The van der Waals surface area contributed by atoms with Crippen LogP contribution in [0.15, 0.2) is 24.3 Å². The molecule has 0 fully saturated rings. The molecule has 0 heterocycles. The number of carbonyl (C=O) groups is 2. The van der Waals surface area contributed by atoms with Gasteiger partial charge in [0.2, 0.25) is 0 Å². The number of hydrogen-bond acceptors (Lipinski definition) is 2. The zero-order chi connectivity index (χ0) is 9.14. The molecular weight excluding hydrogens is 192 g/mol. The van der Waals surface area contributed by atoms with Crippen LogP contribution in [-0.4, -0.2) is 33.1 Å². The fourth-order valence-corrected chi connectivity index (χ4v) is 0.755. The van der Waals surface area contributed by atoms with Crippen molar-refractivity contribution in [1.82, 2.24) is 0 Å². The van der Waals surface area contributed by atoms with Crippen LogP contribution in [-0.2, 0) is 0 Å². The Morgan fingerprint density at radius 1 is 0.786 bits per heavy atom. The van der Waals surface area contributed by atoms with Gasteiger partial charge in [-0.3, -0.25) is 0 Å². The number of carboxylic acid groups (broad SMARTS) is 2. The predicted molar refractivity (Wildman–Crippen MR) is 47.6 cm³/mol. The molecule has 0 unspecified atom stereocenters. The van der Waals surface area contributed by atoms with Crippen molar-refractivity contribution < 1.29 is 30.8 Å². The molecule has 0 aliphatic heterocycles. The Hall–Kier alpha value is -1.92. The standard InChI is InChI=1S/C8H6O4.2H2O/c9-7(10)5-1-2-6(4-3-5)8(11)12;;/h1-4H,(H,9,10)(H,11,12);2*1H2. The Balaban J connectivity index is 0. The van der Waals surface area contributed by atoms with Gasteiger partial charge in [-0.1, -0.05) is 0 Å². The fourth-order valence-electron chi connectivity index (χ4n) is 0.755. The van der Waals surface area contributed by atoms with E-state index < -0.39 is 11.9 Å². The molecule has 0 aromatic heterocycles. The minimum Gasteiger partial charge on any atom is -0.478 e. The first-order chi connectivity index (χ1) is 5.61. The first kappa shape index (κ1) is 14.6. The first-order valence-electron chi connectivity index (χ1n) is 3.18. The predicted octanol–water partition coefficient (Wildman–Crippen LogP) is -0.566. The average Bonchev–Trinajstić information content (AvgIpc) is 2.04. The van der Waals surface area contributed by atoms with Crippen LogP contribution in [0.25, 0.3) is 0 Å². The van der Waals surface area contributed by atoms with Crippen LogP contribution >= 0.6 is 0 Å². The van der Waals surface area contributed by atoms with Crippen molar-refractivity contribution in [2.45, 2.75) is 0 Å². The van der Waals surface area contributed by atoms with E-state index in [9.17, 15) is 9.59 Å². The second kappa shape index (κ2) is 5.68. The van der Waals surface area contributed by atoms with Crippen LogP contribution in [0.2, 0.25) is 0 Å². The van der Waals surface area contributed by atoms with Crippen molar-refractivity contribution in [1.29, 1.82) is 0 Å². The van der Waals surface area contributed by atoms with Crippen LogP contribution in [0.4, 0.5) is 0 Å². The number of carboxylic acids is 2. The largest absolute Gasteiger partial charge is 0.478 e. The molecule has 14 heavy (non-hydrogen) atoms. The van der Waals surface area contributed by atoms with Gasteiger partial charge in [0.15, 0.2) is 0 Å². The lowest BCUT2D eigenvalue weighted by atomic mass is 10.1. The molecule has 1 rings (SSSR count). The summed E-state index contributed by atoms with van der Waals surface area (Å²) in [6.07, 6.45) is 0. The molecule has 1 aromatic carbocycles. The molecule has 6 N–H and O–H groups in total. The zero-order valence-corrected chi connectivity index (χ0v) is 7.02. The maximum absolute atomic E-state index is 10.3. The number of hydrogen-bond donors (Lipinski definition) is 2. The lowest BCUT2D eigenvalue weighted by Crippen LogP contribution is -1.99. The summed E-state index contributed by atoms with van der Waals surface area (Å²) >= 11 is 0. The van der Waals surface area contributed by atoms with E-state index in [-0.39, 0.29) is 22.1 Å². The van der Waals surface area contributed by atoms with E-state index in [1.807, 2.05) is 0 Å². The lowest BCUT2D eigenvalue weighted by molar-refractivity contribution is 0.0681. The van der Waals surface area contributed by atoms with Gasteiger partial charge >= 0.3 is 11.9 Å². The Morgan fingerprint density at radius 3 is 1.14 bits per heavy atom. The van der Waals surface area contributed by atoms with E-state index in [0.717, 1.165) is 0 Å². The van der Waals surface area contributed by atoms with Crippen molar-refractivity contribution in [3.8, 4) is 0 Å². The Bertz CT molecular complexity index is 282. The Labute approximate surface area is 79.0 Å². The summed E-state index contributed by atoms with van der Waals surface area (Å²) in [5.41, 5.74) is 0.167. The molecule has 6 heteroatoms. The Kier molecular flexibility index (Phi) is 5.92. The lowest BCUT2D eigenvalue weighted by Gasteiger charge is -1.94. The van der Waals surface area contributed by atoms with Gasteiger partial charge in [-0.05, 0) is 24.3 Å². The van der Waals surface area contributed by atoms with Gasteiger partial charge in [0.1, 0.15) is 0 Å². The molecule has 0 bridgehead atoms. The van der Waals surface area contributed by atoms with Crippen LogP contribution < -0.4 is 0 Å². The highest BCUT2D eigenvalue weighted by atomic mass is 16.4. The summed E-state index contributed by atoms with van der Waals surface area (Å²) < 4.78 is 0. The molecule has 0 aliphatic rings. The highest BCUT2D eigenvalue weighted by molar-refractivity contribution is 5.91. The average molecular weight is 202 g/mol.